The van der Waals surface area contributed by atoms with Gasteiger partial charge in [-0.1, -0.05) is 23.7 Å². The number of carbonyl (C=O) groups excluding carboxylic acids is 2. The summed E-state index contributed by atoms with van der Waals surface area (Å²) in [6.07, 6.45) is 0.153. The van der Waals surface area contributed by atoms with Crippen LogP contribution in [0, 0.1) is 20.8 Å². The molecule has 0 bridgehead atoms. The summed E-state index contributed by atoms with van der Waals surface area (Å²) in [6.45, 7) is 5.30. The zero-order valence-corrected chi connectivity index (χ0v) is 13.4. The highest BCUT2D eigenvalue weighted by atomic mass is 35.5. The van der Waals surface area contributed by atoms with Gasteiger partial charge in [0.25, 0.3) is 5.91 Å². The second kappa shape index (κ2) is 6.66. The second-order valence-electron chi connectivity index (χ2n) is 5.02. The Labute approximate surface area is 133 Å². The van der Waals surface area contributed by atoms with Crippen LogP contribution < -0.4 is 10.9 Å². The van der Waals surface area contributed by atoms with Gasteiger partial charge in [-0.15, -0.1) is 0 Å². The molecule has 2 N–H and O–H groups in total. The second-order valence-corrected chi connectivity index (χ2v) is 5.46. The molecule has 0 fully saturated rings. The number of halogens is 1. The summed E-state index contributed by atoms with van der Waals surface area (Å²) in [4.78, 5) is 23.9. The number of benzene rings is 1. The maximum absolute atomic E-state index is 12.1. The molecule has 0 aliphatic heterocycles. The third-order valence-electron chi connectivity index (χ3n) is 3.38. The molecule has 6 heteroatoms. The number of rotatable bonds is 3. The maximum Gasteiger partial charge on any atom is 0.273 e. The van der Waals surface area contributed by atoms with Gasteiger partial charge in [-0.2, -0.15) is 0 Å². The van der Waals surface area contributed by atoms with Crippen LogP contribution in [0.3, 0.4) is 0 Å². The number of hydrogen-bond acceptors (Lipinski definition) is 3. The molecule has 1 aromatic heterocycles. The Bertz CT molecular complexity index is 705. The van der Waals surface area contributed by atoms with Crippen LogP contribution in [0.5, 0.6) is 0 Å². The normalized spacial score (nSPS) is 10.4. The van der Waals surface area contributed by atoms with Gasteiger partial charge in [-0.05, 0) is 38.5 Å². The van der Waals surface area contributed by atoms with Crippen LogP contribution in [0.4, 0.5) is 0 Å². The average Bonchev–Trinajstić information content (AvgIpc) is 2.72. The zero-order chi connectivity index (χ0) is 16.3. The van der Waals surface area contributed by atoms with Gasteiger partial charge in [0.15, 0.2) is 0 Å². The molecule has 2 rings (SSSR count). The highest BCUT2D eigenvalue weighted by Crippen LogP contribution is 2.20. The van der Waals surface area contributed by atoms with E-state index in [1.54, 1.807) is 45.0 Å². The van der Waals surface area contributed by atoms with Crippen LogP contribution in [-0.2, 0) is 11.2 Å². The van der Waals surface area contributed by atoms with E-state index in [9.17, 15) is 9.59 Å². The first-order valence-corrected chi connectivity index (χ1v) is 7.16. The minimum atomic E-state index is -0.392. The topological polar surface area (TPSA) is 71.3 Å². The first-order valence-electron chi connectivity index (χ1n) is 6.78. The third-order valence-corrected chi connectivity index (χ3v) is 3.63. The van der Waals surface area contributed by atoms with E-state index in [0.717, 1.165) is 11.1 Å². The van der Waals surface area contributed by atoms with Gasteiger partial charge in [-0.25, -0.2) is 0 Å². The quantitative estimate of drug-likeness (QED) is 0.854. The summed E-state index contributed by atoms with van der Waals surface area (Å²) in [5.41, 5.74) is 6.82. The van der Waals surface area contributed by atoms with Crippen molar-refractivity contribution in [2.75, 3.05) is 0 Å². The molecule has 0 saturated carbocycles. The Hall–Kier alpha value is -2.27. The SMILES string of the molecule is Cc1oc(C)c(C(=O)NNC(=O)Cc2ccc(Cl)cc2)c1C. The van der Waals surface area contributed by atoms with Crippen molar-refractivity contribution in [3.63, 3.8) is 0 Å². The largest absolute Gasteiger partial charge is 0.466 e. The summed E-state index contributed by atoms with van der Waals surface area (Å²) in [5.74, 6) is 0.511. The maximum atomic E-state index is 12.1. The zero-order valence-electron chi connectivity index (χ0n) is 12.6. The van der Waals surface area contributed by atoms with E-state index in [1.807, 2.05) is 0 Å². The van der Waals surface area contributed by atoms with Crippen molar-refractivity contribution in [1.82, 2.24) is 10.9 Å². The Morgan fingerprint density at radius 1 is 1.05 bits per heavy atom. The van der Waals surface area contributed by atoms with Gasteiger partial charge in [0.2, 0.25) is 5.91 Å². The molecule has 0 atom stereocenters. The molecule has 1 aromatic carbocycles. The molecule has 2 amide bonds. The van der Waals surface area contributed by atoms with Gasteiger partial charge in [0.05, 0.1) is 12.0 Å². The highest BCUT2D eigenvalue weighted by molar-refractivity contribution is 6.30. The minimum absolute atomic E-state index is 0.153. The van der Waals surface area contributed by atoms with E-state index in [0.29, 0.717) is 22.1 Å². The van der Waals surface area contributed by atoms with E-state index in [-0.39, 0.29) is 12.3 Å². The number of nitrogens with one attached hydrogen (secondary N) is 2. The molecule has 5 nitrogen and oxygen atoms in total. The summed E-state index contributed by atoms with van der Waals surface area (Å²) in [6, 6.07) is 6.95. The monoisotopic (exact) mass is 320 g/mol. The van der Waals surface area contributed by atoms with Crippen LogP contribution in [0.1, 0.15) is 33.0 Å². The molecule has 1 heterocycles. The van der Waals surface area contributed by atoms with Crippen LogP contribution in [0.25, 0.3) is 0 Å². The fourth-order valence-electron chi connectivity index (χ4n) is 2.15. The summed E-state index contributed by atoms with van der Waals surface area (Å²) >= 11 is 5.78. The van der Waals surface area contributed by atoms with Gasteiger partial charge >= 0.3 is 0 Å². The number of furan rings is 1. The van der Waals surface area contributed by atoms with Crippen LogP contribution in [0.15, 0.2) is 28.7 Å². The van der Waals surface area contributed by atoms with Crippen molar-refractivity contribution in [2.24, 2.45) is 0 Å². The third kappa shape index (κ3) is 3.68. The molecule has 0 unspecified atom stereocenters. The first-order chi connectivity index (χ1) is 10.4. The minimum Gasteiger partial charge on any atom is -0.466 e. The molecule has 0 saturated heterocycles. The van der Waals surface area contributed by atoms with E-state index in [4.69, 9.17) is 16.0 Å². The lowest BCUT2D eigenvalue weighted by molar-refractivity contribution is -0.121. The molecule has 0 radical (unpaired) electrons. The number of hydrogen-bond donors (Lipinski definition) is 2. The van der Waals surface area contributed by atoms with Gasteiger partial charge in [0, 0.05) is 10.6 Å². The van der Waals surface area contributed by atoms with Crippen molar-refractivity contribution < 1.29 is 14.0 Å². The molecule has 0 aliphatic carbocycles. The standard InChI is InChI=1S/C16H17ClN2O3/c1-9-10(2)22-11(3)15(9)16(21)19-18-14(20)8-12-4-6-13(17)7-5-12/h4-7H,8H2,1-3H3,(H,18,20)(H,19,21). The van der Waals surface area contributed by atoms with Crippen molar-refractivity contribution in [1.29, 1.82) is 0 Å². The smallest absolute Gasteiger partial charge is 0.273 e. The van der Waals surface area contributed by atoms with Gasteiger partial charge < -0.3 is 4.42 Å². The van der Waals surface area contributed by atoms with Crippen molar-refractivity contribution in [2.45, 2.75) is 27.2 Å². The lowest BCUT2D eigenvalue weighted by atomic mass is 10.1. The number of hydrazine groups is 1. The van der Waals surface area contributed by atoms with E-state index < -0.39 is 5.91 Å². The van der Waals surface area contributed by atoms with Crippen molar-refractivity contribution >= 4 is 23.4 Å². The predicted molar refractivity (Wildman–Crippen MR) is 83.7 cm³/mol. The van der Waals surface area contributed by atoms with E-state index >= 15 is 0 Å². The van der Waals surface area contributed by atoms with E-state index in [2.05, 4.69) is 10.9 Å². The number of amides is 2. The Morgan fingerprint density at radius 2 is 1.68 bits per heavy atom. The Morgan fingerprint density at radius 3 is 2.23 bits per heavy atom. The Kier molecular flexibility index (Phi) is 4.88. The fraction of sp³-hybridized carbons (Fsp3) is 0.250. The van der Waals surface area contributed by atoms with Gasteiger partial charge in [0.1, 0.15) is 11.5 Å². The van der Waals surface area contributed by atoms with Crippen molar-refractivity contribution in [3.8, 4) is 0 Å². The summed E-state index contributed by atoms with van der Waals surface area (Å²) < 4.78 is 5.39. The lowest BCUT2D eigenvalue weighted by Crippen LogP contribution is -2.42. The highest BCUT2D eigenvalue weighted by Gasteiger charge is 2.18. The first kappa shape index (κ1) is 16.1. The predicted octanol–water partition coefficient (Wildman–Crippen LogP) is 2.86. The molecule has 22 heavy (non-hydrogen) atoms. The molecule has 0 aliphatic rings. The molecular formula is C16H17ClN2O3. The van der Waals surface area contributed by atoms with Crippen LogP contribution in [0.2, 0.25) is 5.02 Å². The van der Waals surface area contributed by atoms with Crippen LogP contribution >= 0.6 is 11.6 Å². The molecule has 2 aromatic rings. The van der Waals surface area contributed by atoms with Gasteiger partial charge in [-0.3, -0.25) is 20.4 Å². The lowest BCUT2D eigenvalue weighted by Gasteiger charge is -2.07. The molecular weight excluding hydrogens is 304 g/mol. The number of aryl methyl sites for hydroxylation is 2. The van der Waals surface area contributed by atoms with Crippen LogP contribution in [-0.4, -0.2) is 11.8 Å². The fourth-order valence-corrected chi connectivity index (χ4v) is 2.27. The average molecular weight is 321 g/mol. The number of carbonyl (C=O) groups is 2. The molecule has 0 spiro atoms. The molecule has 116 valence electrons. The van der Waals surface area contributed by atoms with E-state index in [1.165, 1.54) is 0 Å². The van der Waals surface area contributed by atoms with Crippen molar-refractivity contribution in [3.05, 3.63) is 57.5 Å². The summed E-state index contributed by atoms with van der Waals surface area (Å²) in [5, 5.41) is 0.610. The Balaban J connectivity index is 1.93. The summed E-state index contributed by atoms with van der Waals surface area (Å²) in [7, 11) is 0.